The van der Waals surface area contributed by atoms with Gasteiger partial charge in [0.15, 0.2) is 9.84 Å². The summed E-state index contributed by atoms with van der Waals surface area (Å²) in [5.41, 5.74) is 0.292. The minimum atomic E-state index is -3.52. The molecule has 1 rings (SSSR count). The molecule has 0 aliphatic rings. The summed E-state index contributed by atoms with van der Waals surface area (Å²) in [7, 11) is -1.91. The van der Waals surface area contributed by atoms with E-state index in [0.29, 0.717) is 0 Å². The Bertz CT molecular complexity index is 646. The highest BCUT2D eigenvalue weighted by atomic mass is 35.5. The number of halogens is 1. The molecule has 0 heterocycles. The second-order valence-electron chi connectivity index (χ2n) is 4.32. The number of likely N-dealkylation sites (N-methyl/N-ethyl adjacent to an activating group) is 1. The van der Waals surface area contributed by atoms with E-state index in [1.54, 1.807) is 14.0 Å². The lowest BCUT2D eigenvalue weighted by Gasteiger charge is -2.10. The molecule has 0 saturated carbocycles. The number of esters is 1. The van der Waals surface area contributed by atoms with Crippen molar-refractivity contribution >= 4 is 39.8 Å². The Morgan fingerprint density at radius 2 is 1.86 bits per heavy atom. The van der Waals surface area contributed by atoms with E-state index >= 15 is 0 Å². The van der Waals surface area contributed by atoms with Gasteiger partial charge in [-0.15, -0.1) is 12.4 Å². The highest BCUT2D eigenvalue weighted by Gasteiger charge is 2.16. The number of hydrogen-bond acceptors (Lipinski definition) is 6. The molecule has 0 bridgehead atoms. The average Bonchev–Trinajstić information content (AvgIpc) is 2.37. The van der Waals surface area contributed by atoms with E-state index in [1.807, 2.05) is 0 Å². The number of sulfone groups is 1. The van der Waals surface area contributed by atoms with Crippen LogP contribution in [0.4, 0.5) is 5.69 Å². The maximum atomic E-state index is 11.7. The van der Waals surface area contributed by atoms with Gasteiger partial charge in [-0.2, -0.15) is 0 Å². The second-order valence-corrected chi connectivity index (χ2v) is 6.33. The van der Waals surface area contributed by atoms with Crippen LogP contribution in [0.15, 0.2) is 23.1 Å². The number of carbonyl (C=O) groups excluding carboxylic acids is 2. The Morgan fingerprint density at radius 3 is 2.36 bits per heavy atom. The van der Waals surface area contributed by atoms with E-state index < -0.39 is 15.8 Å². The van der Waals surface area contributed by atoms with Gasteiger partial charge in [0.1, 0.15) is 0 Å². The SMILES string of the molecule is CCOC(=O)c1cc(NC(=O)CNC)cc(S(C)(=O)=O)c1.Cl. The summed E-state index contributed by atoms with van der Waals surface area (Å²) >= 11 is 0. The largest absolute Gasteiger partial charge is 0.462 e. The first kappa shape index (κ1) is 20.4. The highest BCUT2D eigenvalue weighted by molar-refractivity contribution is 7.90. The maximum Gasteiger partial charge on any atom is 0.338 e. The van der Waals surface area contributed by atoms with Crippen LogP contribution in [0.1, 0.15) is 17.3 Å². The number of carbonyl (C=O) groups is 2. The normalized spacial score (nSPS) is 10.5. The van der Waals surface area contributed by atoms with Gasteiger partial charge in [-0.25, -0.2) is 13.2 Å². The fraction of sp³-hybridized carbons (Fsp3) is 0.385. The fourth-order valence-electron chi connectivity index (χ4n) is 1.58. The molecule has 1 amide bonds. The standard InChI is InChI=1S/C13H18N2O5S.ClH/c1-4-20-13(17)9-5-10(15-12(16)8-14-2)7-11(6-9)21(3,18)19;/h5-7,14H,4,8H2,1-3H3,(H,15,16);1H. The molecule has 9 heteroatoms. The Morgan fingerprint density at radius 1 is 1.23 bits per heavy atom. The smallest absolute Gasteiger partial charge is 0.338 e. The zero-order valence-corrected chi connectivity index (χ0v) is 14.1. The Hall–Kier alpha value is -1.64. The van der Waals surface area contributed by atoms with Crippen LogP contribution >= 0.6 is 12.4 Å². The Balaban J connectivity index is 0.00000441. The van der Waals surface area contributed by atoms with Crippen molar-refractivity contribution in [3.63, 3.8) is 0 Å². The third kappa shape index (κ3) is 6.00. The molecule has 0 unspecified atom stereocenters. The van der Waals surface area contributed by atoms with Gasteiger partial charge in [0.05, 0.1) is 23.6 Å². The van der Waals surface area contributed by atoms with Crippen molar-refractivity contribution in [3.8, 4) is 0 Å². The van der Waals surface area contributed by atoms with Gasteiger partial charge in [0, 0.05) is 11.9 Å². The highest BCUT2D eigenvalue weighted by Crippen LogP contribution is 2.20. The number of hydrogen-bond donors (Lipinski definition) is 2. The van der Waals surface area contributed by atoms with Gasteiger partial charge in [0.2, 0.25) is 5.91 Å². The van der Waals surface area contributed by atoms with Crippen molar-refractivity contribution in [2.75, 3.05) is 31.8 Å². The zero-order valence-electron chi connectivity index (χ0n) is 12.5. The topological polar surface area (TPSA) is 102 Å². The minimum absolute atomic E-state index is 0. The van der Waals surface area contributed by atoms with Gasteiger partial charge in [0.25, 0.3) is 0 Å². The molecule has 0 aromatic heterocycles. The quantitative estimate of drug-likeness (QED) is 0.737. The first-order valence-electron chi connectivity index (χ1n) is 6.24. The third-order valence-corrected chi connectivity index (χ3v) is 3.56. The fourth-order valence-corrected chi connectivity index (χ4v) is 2.27. The van der Waals surface area contributed by atoms with Crippen LogP contribution in [-0.4, -0.2) is 46.7 Å². The summed E-state index contributed by atoms with van der Waals surface area (Å²) in [6, 6.07) is 3.90. The summed E-state index contributed by atoms with van der Waals surface area (Å²) in [5, 5.41) is 5.19. The molecule has 0 spiro atoms. The van der Waals surface area contributed by atoms with E-state index in [1.165, 1.54) is 18.2 Å². The van der Waals surface area contributed by atoms with E-state index in [4.69, 9.17) is 4.74 Å². The van der Waals surface area contributed by atoms with Crippen molar-refractivity contribution in [1.82, 2.24) is 5.32 Å². The van der Waals surface area contributed by atoms with Crippen molar-refractivity contribution in [2.24, 2.45) is 0 Å². The average molecular weight is 351 g/mol. The monoisotopic (exact) mass is 350 g/mol. The predicted octanol–water partition coefficient (Wildman–Crippen LogP) is 0.846. The molecule has 0 saturated heterocycles. The zero-order chi connectivity index (χ0) is 16.0. The van der Waals surface area contributed by atoms with Crippen LogP contribution in [0, 0.1) is 0 Å². The molecular formula is C13H19ClN2O5S. The van der Waals surface area contributed by atoms with Gasteiger partial charge in [-0.1, -0.05) is 0 Å². The van der Waals surface area contributed by atoms with E-state index in [2.05, 4.69) is 10.6 Å². The van der Waals surface area contributed by atoms with Crippen LogP contribution in [-0.2, 0) is 19.4 Å². The van der Waals surface area contributed by atoms with Crippen LogP contribution in [0.25, 0.3) is 0 Å². The molecule has 7 nitrogen and oxygen atoms in total. The van der Waals surface area contributed by atoms with Gasteiger partial charge < -0.3 is 15.4 Å². The minimum Gasteiger partial charge on any atom is -0.462 e. The Kier molecular flexibility index (Phi) is 8.07. The molecule has 22 heavy (non-hydrogen) atoms. The third-order valence-electron chi connectivity index (χ3n) is 2.47. The molecule has 2 N–H and O–H groups in total. The van der Waals surface area contributed by atoms with Crippen LogP contribution < -0.4 is 10.6 Å². The van der Waals surface area contributed by atoms with Crippen molar-refractivity contribution in [1.29, 1.82) is 0 Å². The number of ether oxygens (including phenoxy) is 1. The maximum absolute atomic E-state index is 11.7. The molecule has 1 aromatic rings. The lowest BCUT2D eigenvalue weighted by Crippen LogP contribution is -2.25. The van der Waals surface area contributed by atoms with Crippen LogP contribution in [0.3, 0.4) is 0 Å². The van der Waals surface area contributed by atoms with Crippen molar-refractivity contribution in [2.45, 2.75) is 11.8 Å². The number of nitrogens with one attached hydrogen (secondary N) is 2. The first-order valence-corrected chi connectivity index (χ1v) is 8.13. The van der Waals surface area contributed by atoms with Crippen LogP contribution in [0.2, 0.25) is 0 Å². The van der Waals surface area contributed by atoms with E-state index in [9.17, 15) is 18.0 Å². The number of amides is 1. The molecular weight excluding hydrogens is 332 g/mol. The molecule has 0 atom stereocenters. The summed E-state index contributed by atoms with van der Waals surface area (Å²) in [5.74, 6) is -0.995. The van der Waals surface area contributed by atoms with Gasteiger partial charge in [-0.3, -0.25) is 4.79 Å². The summed E-state index contributed by atoms with van der Waals surface area (Å²) < 4.78 is 28.1. The summed E-state index contributed by atoms with van der Waals surface area (Å²) in [6.45, 7) is 1.88. The van der Waals surface area contributed by atoms with Crippen LogP contribution in [0.5, 0.6) is 0 Å². The molecule has 0 radical (unpaired) electrons. The summed E-state index contributed by atoms with van der Waals surface area (Å²) in [6.07, 6.45) is 1.02. The Labute approximate surface area is 135 Å². The molecule has 0 aliphatic carbocycles. The van der Waals surface area contributed by atoms with Crippen molar-refractivity contribution < 1.29 is 22.7 Å². The second kappa shape index (κ2) is 8.72. The summed E-state index contributed by atoms with van der Waals surface area (Å²) in [4.78, 5) is 23.2. The van der Waals surface area contributed by atoms with E-state index in [0.717, 1.165) is 6.26 Å². The number of benzene rings is 1. The van der Waals surface area contributed by atoms with Gasteiger partial charge >= 0.3 is 5.97 Å². The lowest BCUT2D eigenvalue weighted by molar-refractivity contribution is -0.115. The lowest BCUT2D eigenvalue weighted by atomic mass is 10.2. The van der Waals surface area contributed by atoms with Crippen molar-refractivity contribution in [3.05, 3.63) is 23.8 Å². The molecule has 0 aliphatic heterocycles. The molecule has 1 aromatic carbocycles. The van der Waals surface area contributed by atoms with E-state index in [-0.39, 0.29) is 47.6 Å². The number of anilines is 1. The van der Waals surface area contributed by atoms with Gasteiger partial charge in [-0.05, 0) is 32.2 Å². The number of rotatable bonds is 6. The molecule has 0 fully saturated rings. The predicted molar refractivity (Wildman–Crippen MR) is 85.3 cm³/mol. The first-order chi connectivity index (χ1) is 9.77. The molecule has 124 valence electrons.